The summed E-state index contributed by atoms with van der Waals surface area (Å²) in [5, 5.41) is 11.2. The maximum Gasteiger partial charge on any atom is 0.323 e. The zero-order valence-electron chi connectivity index (χ0n) is 12.2. The van der Waals surface area contributed by atoms with Gasteiger partial charge in [-0.3, -0.25) is 9.59 Å². The first-order chi connectivity index (χ1) is 9.97. The molecule has 0 aromatic heterocycles. The van der Waals surface area contributed by atoms with Crippen LogP contribution in [0, 0.1) is 0 Å². The summed E-state index contributed by atoms with van der Waals surface area (Å²) in [6.07, 6.45) is 1.43. The normalized spacial score (nSPS) is 10.1. The van der Waals surface area contributed by atoms with Gasteiger partial charge in [0.05, 0.1) is 13.2 Å². The Bertz CT molecular complexity index is 321. The van der Waals surface area contributed by atoms with Gasteiger partial charge in [0, 0.05) is 20.3 Å². The lowest BCUT2D eigenvalue weighted by molar-refractivity contribution is -0.137. The van der Waals surface area contributed by atoms with Gasteiger partial charge in [-0.2, -0.15) is 0 Å². The molecule has 0 bridgehead atoms. The van der Waals surface area contributed by atoms with Crippen molar-refractivity contribution in [3.05, 3.63) is 0 Å². The van der Waals surface area contributed by atoms with E-state index in [9.17, 15) is 14.4 Å². The lowest BCUT2D eigenvalue weighted by atomic mass is 10.3. The van der Waals surface area contributed by atoms with E-state index in [0.717, 1.165) is 11.3 Å². The number of carboxylic acids is 1. The molecule has 0 heterocycles. The first-order valence-electron chi connectivity index (χ1n) is 6.57. The topological polar surface area (TPSA) is 131 Å². The van der Waals surface area contributed by atoms with Crippen molar-refractivity contribution >= 4 is 17.9 Å². The van der Waals surface area contributed by atoms with Crippen LogP contribution >= 0.6 is 0 Å². The highest BCUT2D eigenvalue weighted by Gasteiger charge is 2.17. The van der Waals surface area contributed by atoms with E-state index in [4.69, 9.17) is 20.3 Å². The van der Waals surface area contributed by atoms with Crippen LogP contribution in [0.2, 0.25) is 0 Å². The summed E-state index contributed by atoms with van der Waals surface area (Å²) in [6, 6.07) is -0.628. The Labute approximate surface area is 123 Å². The molecule has 0 radical (unpaired) electrons. The van der Waals surface area contributed by atoms with Crippen LogP contribution in [0.15, 0.2) is 0 Å². The molecule has 0 aliphatic rings. The molecule has 0 aliphatic heterocycles. The minimum absolute atomic E-state index is 0.362. The monoisotopic (exact) mass is 305 g/mol. The fraction of sp³-hybridized carbons (Fsp3) is 0.750. The van der Waals surface area contributed by atoms with E-state index in [-0.39, 0.29) is 0 Å². The third-order valence-electron chi connectivity index (χ3n) is 2.38. The highest BCUT2D eigenvalue weighted by atomic mass is 16.5. The van der Waals surface area contributed by atoms with Crippen LogP contribution in [0.5, 0.6) is 0 Å². The summed E-state index contributed by atoms with van der Waals surface area (Å²) in [4.78, 5) is 33.9. The average molecular weight is 305 g/mol. The highest BCUT2D eigenvalue weighted by molar-refractivity contribution is 5.85. The SMILES string of the molecule is COCCOCCCCNC(=O)N(CC(N)=O)CC(=O)O. The number of ether oxygens (including phenoxy) is 2. The predicted molar refractivity (Wildman–Crippen MR) is 73.7 cm³/mol. The molecule has 0 saturated carbocycles. The van der Waals surface area contributed by atoms with Gasteiger partial charge in [0.1, 0.15) is 13.1 Å². The van der Waals surface area contributed by atoms with Crippen molar-refractivity contribution in [2.24, 2.45) is 5.73 Å². The van der Waals surface area contributed by atoms with Crippen molar-refractivity contribution in [2.45, 2.75) is 12.8 Å². The van der Waals surface area contributed by atoms with Gasteiger partial charge in [0.25, 0.3) is 0 Å². The van der Waals surface area contributed by atoms with E-state index in [1.807, 2.05) is 0 Å². The van der Waals surface area contributed by atoms with Gasteiger partial charge in [-0.25, -0.2) is 4.79 Å². The quantitative estimate of drug-likeness (QED) is 0.397. The molecule has 0 saturated heterocycles. The van der Waals surface area contributed by atoms with Crippen LogP contribution in [0.25, 0.3) is 0 Å². The number of aliphatic carboxylic acids is 1. The third-order valence-corrected chi connectivity index (χ3v) is 2.38. The van der Waals surface area contributed by atoms with Crippen LogP contribution in [-0.4, -0.2) is 74.5 Å². The number of rotatable bonds is 12. The van der Waals surface area contributed by atoms with Gasteiger partial charge in [-0.15, -0.1) is 0 Å². The smallest absolute Gasteiger partial charge is 0.323 e. The van der Waals surface area contributed by atoms with E-state index in [1.165, 1.54) is 0 Å². The van der Waals surface area contributed by atoms with E-state index >= 15 is 0 Å². The number of hydrogen-bond acceptors (Lipinski definition) is 5. The number of amides is 3. The maximum absolute atomic E-state index is 11.7. The molecule has 21 heavy (non-hydrogen) atoms. The van der Waals surface area contributed by atoms with Crippen LogP contribution in [0.1, 0.15) is 12.8 Å². The Morgan fingerprint density at radius 1 is 1.14 bits per heavy atom. The summed E-state index contributed by atoms with van der Waals surface area (Å²) in [7, 11) is 1.59. The lowest BCUT2D eigenvalue weighted by Crippen LogP contribution is -2.46. The number of nitrogens with two attached hydrogens (primary N) is 1. The molecule has 4 N–H and O–H groups in total. The summed E-state index contributed by atoms with van der Waals surface area (Å²) in [6.45, 7) is 0.968. The van der Waals surface area contributed by atoms with Gasteiger partial charge in [-0.05, 0) is 12.8 Å². The molecule has 0 atom stereocenters. The molecule has 3 amide bonds. The number of carbonyl (C=O) groups excluding carboxylic acids is 2. The Hall–Kier alpha value is -1.87. The number of carbonyl (C=O) groups is 3. The Kier molecular flexibility index (Phi) is 10.9. The first kappa shape index (κ1) is 19.1. The van der Waals surface area contributed by atoms with Crippen molar-refractivity contribution in [1.82, 2.24) is 10.2 Å². The van der Waals surface area contributed by atoms with E-state index in [1.54, 1.807) is 7.11 Å². The second-order valence-electron chi connectivity index (χ2n) is 4.26. The summed E-state index contributed by atoms with van der Waals surface area (Å²) in [5.41, 5.74) is 4.96. The molecule has 9 heteroatoms. The van der Waals surface area contributed by atoms with Crippen LogP contribution in [0.4, 0.5) is 4.79 Å². The summed E-state index contributed by atoms with van der Waals surface area (Å²) < 4.78 is 10.1. The van der Waals surface area contributed by atoms with Crippen molar-refractivity contribution in [2.75, 3.05) is 46.6 Å². The number of nitrogens with zero attached hydrogens (tertiary/aromatic N) is 1. The molecule has 0 unspecified atom stereocenters. The molecule has 9 nitrogen and oxygen atoms in total. The fourth-order valence-electron chi connectivity index (χ4n) is 1.43. The van der Waals surface area contributed by atoms with Gasteiger partial charge in [0.15, 0.2) is 0 Å². The number of hydrogen-bond donors (Lipinski definition) is 3. The highest BCUT2D eigenvalue weighted by Crippen LogP contribution is 1.93. The van der Waals surface area contributed by atoms with Gasteiger partial charge < -0.3 is 30.5 Å². The number of urea groups is 1. The van der Waals surface area contributed by atoms with E-state index in [0.29, 0.717) is 32.8 Å². The van der Waals surface area contributed by atoms with Gasteiger partial charge >= 0.3 is 12.0 Å². The molecule has 0 aromatic rings. The van der Waals surface area contributed by atoms with Crippen LogP contribution in [-0.2, 0) is 19.1 Å². The number of methoxy groups -OCH3 is 1. The number of unbranched alkanes of at least 4 members (excludes halogenated alkanes) is 1. The summed E-state index contributed by atoms with van der Waals surface area (Å²) in [5.74, 6) is -1.98. The third kappa shape index (κ3) is 11.6. The zero-order valence-corrected chi connectivity index (χ0v) is 12.2. The van der Waals surface area contributed by atoms with Crippen LogP contribution in [0.3, 0.4) is 0 Å². The molecule has 0 spiro atoms. The van der Waals surface area contributed by atoms with Crippen molar-refractivity contribution in [1.29, 1.82) is 0 Å². The van der Waals surface area contributed by atoms with Gasteiger partial charge in [-0.1, -0.05) is 0 Å². The Morgan fingerprint density at radius 3 is 2.43 bits per heavy atom. The molecule has 0 aliphatic carbocycles. The second kappa shape index (κ2) is 11.9. The molecule has 0 fully saturated rings. The minimum Gasteiger partial charge on any atom is -0.480 e. The van der Waals surface area contributed by atoms with Crippen molar-refractivity contribution in [3.8, 4) is 0 Å². The molecular formula is C12H23N3O6. The number of carboxylic acid groups (broad SMARTS) is 1. The second-order valence-corrected chi connectivity index (χ2v) is 4.26. The molecule has 0 aromatic carbocycles. The maximum atomic E-state index is 11.7. The van der Waals surface area contributed by atoms with Crippen LogP contribution < -0.4 is 11.1 Å². The summed E-state index contributed by atoms with van der Waals surface area (Å²) >= 11 is 0. The molecule has 0 rings (SSSR count). The first-order valence-corrected chi connectivity index (χ1v) is 6.57. The lowest BCUT2D eigenvalue weighted by Gasteiger charge is -2.19. The minimum atomic E-state index is -1.21. The van der Waals surface area contributed by atoms with E-state index < -0.39 is 31.0 Å². The average Bonchev–Trinajstić information content (AvgIpc) is 2.39. The molecule has 122 valence electrons. The van der Waals surface area contributed by atoms with E-state index in [2.05, 4.69) is 5.32 Å². The number of primary amides is 1. The molecular weight excluding hydrogens is 282 g/mol. The Morgan fingerprint density at radius 2 is 1.86 bits per heavy atom. The zero-order chi connectivity index (χ0) is 16.1. The van der Waals surface area contributed by atoms with Crippen molar-refractivity contribution in [3.63, 3.8) is 0 Å². The number of nitrogens with one attached hydrogen (secondary N) is 1. The standard InChI is InChI=1S/C12H23N3O6/c1-20-6-7-21-5-3-2-4-14-12(19)15(8-10(13)16)9-11(17)18/h2-9H2,1H3,(H2,13,16)(H,14,19)(H,17,18). The predicted octanol–water partition coefficient (Wildman–Crippen LogP) is -0.989. The fourth-order valence-corrected chi connectivity index (χ4v) is 1.43. The van der Waals surface area contributed by atoms with Crippen molar-refractivity contribution < 1.29 is 29.0 Å². The van der Waals surface area contributed by atoms with Gasteiger partial charge in [0.2, 0.25) is 5.91 Å². The Balaban J connectivity index is 3.82. The largest absolute Gasteiger partial charge is 0.480 e.